The Hall–Kier alpha value is -2.89. The molecule has 0 fully saturated rings. The molecule has 128 valence electrons. The molecule has 2 rings (SSSR count). The van der Waals surface area contributed by atoms with E-state index in [9.17, 15) is 9.90 Å². The maximum absolute atomic E-state index is 11.7. The highest BCUT2D eigenvalue weighted by Gasteiger charge is 2.18. The minimum absolute atomic E-state index is 0.0440. The second-order valence-electron chi connectivity index (χ2n) is 5.14. The van der Waals surface area contributed by atoms with Crippen molar-refractivity contribution in [3.63, 3.8) is 0 Å². The Labute approximate surface area is 141 Å². The maximum atomic E-state index is 11.7. The summed E-state index contributed by atoms with van der Waals surface area (Å²) in [7, 11) is 4.43. The lowest BCUT2D eigenvalue weighted by atomic mass is 10.0. The first-order valence-corrected chi connectivity index (χ1v) is 7.41. The van der Waals surface area contributed by atoms with Crippen LogP contribution in [0.4, 0.5) is 5.69 Å². The zero-order chi connectivity index (χ0) is 17.5. The van der Waals surface area contributed by atoms with Gasteiger partial charge in [0.15, 0.2) is 11.5 Å². The number of methoxy groups -OCH3 is 3. The van der Waals surface area contributed by atoms with Gasteiger partial charge in [-0.2, -0.15) is 0 Å². The predicted octanol–water partition coefficient (Wildman–Crippen LogP) is 3.13. The van der Waals surface area contributed by atoms with E-state index in [2.05, 4.69) is 5.32 Å². The van der Waals surface area contributed by atoms with Gasteiger partial charge >= 0.3 is 5.97 Å². The summed E-state index contributed by atoms with van der Waals surface area (Å²) in [4.78, 5) is 11.7. The molecule has 1 unspecified atom stereocenters. The Morgan fingerprint density at radius 3 is 2.38 bits per heavy atom. The van der Waals surface area contributed by atoms with Crippen molar-refractivity contribution in [2.24, 2.45) is 0 Å². The number of phenols is 1. The molecule has 2 aromatic rings. The van der Waals surface area contributed by atoms with E-state index in [4.69, 9.17) is 14.2 Å². The van der Waals surface area contributed by atoms with E-state index in [-0.39, 0.29) is 24.2 Å². The van der Waals surface area contributed by atoms with Gasteiger partial charge in [-0.1, -0.05) is 6.07 Å². The third-order valence-corrected chi connectivity index (χ3v) is 3.64. The van der Waals surface area contributed by atoms with Crippen molar-refractivity contribution in [2.75, 3.05) is 26.6 Å². The fourth-order valence-corrected chi connectivity index (χ4v) is 2.30. The quantitative estimate of drug-likeness (QED) is 0.759. The van der Waals surface area contributed by atoms with Crippen LogP contribution in [-0.2, 0) is 9.53 Å². The Morgan fingerprint density at radius 2 is 1.79 bits per heavy atom. The molecule has 2 aromatic carbocycles. The number of hydrogen-bond donors (Lipinski definition) is 2. The van der Waals surface area contributed by atoms with Gasteiger partial charge in [0.1, 0.15) is 5.75 Å². The van der Waals surface area contributed by atoms with Gasteiger partial charge in [-0.25, -0.2) is 0 Å². The first-order valence-electron chi connectivity index (χ1n) is 7.41. The first kappa shape index (κ1) is 17.5. The average molecular weight is 331 g/mol. The van der Waals surface area contributed by atoms with Crippen molar-refractivity contribution in [3.05, 3.63) is 48.0 Å². The lowest BCUT2D eigenvalue weighted by Crippen LogP contribution is -2.16. The Kier molecular flexibility index (Phi) is 5.89. The van der Waals surface area contributed by atoms with E-state index in [0.29, 0.717) is 5.75 Å². The molecular formula is C18H21NO5. The molecule has 0 spiro atoms. The molecular weight excluding hydrogens is 310 g/mol. The van der Waals surface area contributed by atoms with Crippen LogP contribution in [0.5, 0.6) is 17.2 Å². The third-order valence-electron chi connectivity index (χ3n) is 3.64. The highest BCUT2D eigenvalue weighted by Crippen LogP contribution is 2.32. The van der Waals surface area contributed by atoms with E-state index >= 15 is 0 Å². The van der Waals surface area contributed by atoms with Gasteiger partial charge in [0.05, 0.1) is 33.8 Å². The highest BCUT2D eigenvalue weighted by molar-refractivity contribution is 5.71. The van der Waals surface area contributed by atoms with Crippen molar-refractivity contribution in [3.8, 4) is 17.2 Å². The van der Waals surface area contributed by atoms with E-state index < -0.39 is 0 Å². The molecule has 0 bridgehead atoms. The summed E-state index contributed by atoms with van der Waals surface area (Å²) < 4.78 is 15.1. The molecule has 6 heteroatoms. The second kappa shape index (κ2) is 8.10. The molecule has 24 heavy (non-hydrogen) atoms. The number of esters is 1. The van der Waals surface area contributed by atoms with Gasteiger partial charge in [-0.05, 0) is 42.0 Å². The maximum Gasteiger partial charge on any atom is 0.307 e. The van der Waals surface area contributed by atoms with Crippen LogP contribution in [0.3, 0.4) is 0 Å². The number of carbonyl (C=O) groups excluding carboxylic acids is 1. The largest absolute Gasteiger partial charge is 0.504 e. The number of hydrogen-bond acceptors (Lipinski definition) is 6. The van der Waals surface area contributed by atoms with E-state index in [1.807, 2.05) is 24.3 Å². The summed E-state index contributed by atoms with van der Waals surface area (Å²) in [6.45, 7) is 0. The fraction of sp³-hybridized carbons (Fsp3) is 0.278. The number of carbonyl (C=O) groups is 1. The van der Waals surface area contributed by atoms with Gasteiger partial charge < -0.3 is 24.6 Å². The highest BCUT2D eigenvalue weighted by atomic mass is 16.5. The Balaban J connectivity index is 2.27. The Bertz CT molecular complexity index is 684. The minimum atomic E-state index is -0.340. The summed E-state index contributed by atoms with van der Waals surface area (Å²) in [5.74, 6) is 0.797. The van der Waals surface area contributed by atoms with Gasteiger partial charge in [0.2, 0.25) is 0 Å². The number of benzene rings is 2. The van der Waals surface area contributed by atoms with Crippen molar-refractivity contribution >= 4 is 11.7 Å². The summed E-state index contributed by atoms with van der Waals surface area (Å²) in [5.41, 5.74) is 1.63. The van der Waals surface area contributed by atoms with E-state index in [0.717, 1.165) is 17.0 Å². The molecule has 2 N–H and O–H groups in total. The van der Waals surface area contributed by atoms with Crippen LogP contribution in [0.25, 0.3) is 0 Å². The smallest absolute Gasteiger partial charge is 0.307 e. The topological polar surface area (TPSA) is 77.0 Å². The Morgan fingerprint density at radius 1 is 1.08 bits per heavy atom. The molecule has 0 heterocycles. The zero-order valence-electron chi connectivity index (χ0n) is 13.9. The molecule has 0 aliphatic carbocycles. The summed E-state index contributed by atoms with van der Waals surface area (Å²) in [5, 5.41) is 13.0. The van der Waals surface area contributed by atoms with Crippen molar-refractivity contribution in [2.45, 2.75) is 12.5 Å². The second-order valence-corrected chi connectivity index (χ2v) is 5.14. The lowest BCUT2D eigenvalue weighted by molar-refractivity contribution is -0.140. The van der Waals surface area contributed by atoms with Crippen LogP contribution in [0.1, 0.15) is 18.0 Å². The molecule has 0 saturated heterocycles. The summed E-state index contributed by atoms with van der Waals surface area (Å²) in [6, 6.07) is 12.0. The van der Waals surface area contributed by atoms with E-state index in [1.165, 1.54) is 20.3 Å². The van der Waals surface area contributed by atoms with Gasteiger partial charge in [-0.3, -0.25) is 4.79 Å². The molecule has 0 amide bonds. The average Bonchev–Trinajstić information content (AvgIpc) is 2.62. The van der Waals surface area contributed by atoms with Gasteiger partial charge in [-0.15, -0.1) is 0 Å². The number of aromatic hydroxyl groups is 1. The van der Waals surface area contributed by atoms with Crippen LogP contribution in [0.15, 0.2) is 42.5 Å². The van der Waals surface area contributed by atoms with Crippen LogP contribution in [0, 0.1) is 0 Å². The van der Waals surface area contributed by atoms with Crippen molar-refractivity contribution in [1.29, 1.82) is 0 Å². The van der Waals surface area contributed by atoms with E-state index in [1.54, 1.807) is 19.2 Å². The SMILES string of the molecule is COC(=O)CC(Nc1ccc(OC)cc1)c1ccc(O)c(OC)c1. The minimum Gasteiger partial charge on any atom is -0.504 e. The molecule has 0 aliphatic rings. The van der Waals surface area contributed by atoms with Crippen LogP contribution < -0.4 is 14.8 Å². The number of phenolic OH excluding ortho intramolecular Hbond substituents is 1. The molecule has 6 nitrogen and oxygen atoms in total. The van der Waals surface area contributed by atoms with Crippen molar-refractivity contribution < 1.29 is 24.1 Å². The molecule has 0 radical (unpaired) electrons. The fourth-order valence-electron chi connectivity index (χ4n) is 2.30. The predicted molar refractivity (Wildman–Crippen MR) is 90.6 cm³/mol. The zero-order valence-corrected chi connectivity index (χ0v) is 13.9. The standard InChI is InChI=1S/C18H21NO5/c1-22-14-7-5-13(6-8-14)19-15(11-18(21)24-3)12-4-9-16(20)17(10-12)23-2/h4-10,15,19-20H,11H2,1-3H3. The van der Waals surface area contributed by atoms with Crippen LogP contribution >= 0.6 is 0 Å². The monoisotopic (exact) mass is 331 g/mol. The number of anilines is 1. The van der Waals surface area contributed by atoms with Gasteiger partial charge in [0, 0.05) is 5.69 Å². The first-order chi connectivity index (χ1) is 11.6. The number of rotatable bonds is 7. The third kappa shape index (κ3) is 4.32. The summed E-state index contributed by atoms with van der Waals surface area (Å²) >= 11 is 0. The number of ether oxygens (including phenoxy) is 3. The van der Waals surface area contributed by atoms with Gasteiger partial charge in [0.25, 0.3) is 0 Å². The normalized spacial score (nSPS) is 11.5. The number of nitrogens with one attached hydrogen (secondary N) is 1. The molecule has 0 saturated carbocycles. The summed E-state index contributed by atoms with van der Waals surface area (Å²) in [6.07, 6.45) is 0.135. The molecule has 1 atom stereocenters. The lowest BCUT2D eigenvalue weighted by Gasteiger charge is -2.20. The molecule has 0 aromatic heterocycles. The van der Waals surface area contributed by atoms with Crippen molar-refractivity contribution in [1.82, 2.24) is 0 Å². The van der Waals surface area contributed by atoms with Crippen LogP contribution in [-0.4, -0.2) is 32.4 Å². The van der Waals surface area contributed by atoms with Crippen LogP contribution in [0.2, 0.25) is 0 Å². The molecule has 0 aliphatic heterocycles.